The first kappa shape index (κ1) is 26.1. The predicted molar refractivity (Wildman–Crippen MR) is 106 cm³/mol. The lowest BCUT2D eigenvalue weighted by Gasteiger charge is -2.03. The summed E-state index contributed by atoms with van der Waals surface area (Å²) < 4.78 is 29.7. The van der Waals surface area contributed by atoms with E-state index in [1.54, 1.807) is 0 Å². The normalized spacial score (nSPS) is 11.4. The van der Waals surface area contributed by atoms with E-state index in [0.717, 1.165) is 12.8 Å². The Morgan fingerprint density at radius 2 is 0.792 bits per heavy atom. The maximum atomic E-state index is 10.5. The Labute approximate surface area is 151 Å². The molecule has 4 N–H and O–H groups in total. The topological polar surface area (TPSA) is 89.4 Å². The number of rotatable bonds is 18. The Bertz CT molecular complexity index is 332. The molecule has 0 aromatic carbocycles. The van der Waals surface area contributed by atoms with Gasteiger partial charge in [-0.3, -0.25) is 4.55 Å². The summed E-state index contributed by atoms with van der Waals surface area (Å²) in [6, 6.07) is 0. The van der Waals surface area contributed by atoms with Crippen LogP contribution in [0.25, 0.3) is 0 Å². The van der Waals surface area contributed by atoms with Crippen LogP contribution in [0.15, 0.2) is 0 Å². The van der Waals surface area contributed by atoms with Crippen LogP contribution in [0.2, 0.25) is 0 Å². The second-order valence-corrected chi connectivity index (χ2v) is 8.51. The van der Waals surface area contributed by atoms with E-state index in [9.17, 15) is 8.42 Å². The zero-order valence-electron chi connectivity index (χ0n) is 16.1. The third-order valence-corrected chi connectivity index (χ3v) is 5.31. The van der Waals surface area contributed by atoms with Crippen molar-refractivity contribution >= 4 is 10.1 Å². The molecule has 0 saturated heterocycles. The third kappa shape index (κ3) is 24.1. The van der Waals surface area contributed by atoms with Crippen LogP contribution in [0.3, 0.4) is 0 Å². The molecule has 4 nitrogen and oxygen atoms in total. The van der Waals surface area contributed by atoms with Crippen molar-refractivity contribution in [2.45, 2.75) is 116 Å². The van der Waals surface area contributed by atoms with Gasteiger partial charge in [0.15, 0.2) is 0 Å². The van der Waals surface area contributed by atoms with Crippen LogP contribution >= 0.6 is 0 Å². The first-order valence-corrected chi connectivity index (χ1v) is 11.6. The molecule has 0 bridgehead atoms. The van der Waals surface area contributed by atoms with Gasteiger partial charge in [-0.2, -0.15) is 8.42 Å². The molecular weight excluding hydrogens is 322 g/mol. The van der Waals surface area contributed by atoms with E-state index in [4.69, 9.17) is 4.55 Å². The highest BCUT2D eigenvalue weighted by Gasteiger charge is 2.02. The average Bonchev–Trinajstić information content (AvgIpc) is 2.49. The highest BCUT2D eigenvalue weighted by atomic mass is 32.2. The summed E-state index contributed by atoms with van der Waals surface area (Å²) in [7, 11) is -3.74. The van der Waals surface area contributed by atoms with Gasteiger partial charge in [0.1, 0.15) is 0 Å². The van der Waals surface area contributed by atoms with Gasteiger partial charge in [0.25, 0.3) is 10.1 Å². The van der Waals surface area contributed by atoms with Crippen LogP contribution in [0.4, 0.5) is 0 Å². The van der Waals surface area contributed by atoms with Crippen molar-refractivity contribution in [3.63, 3.8) is 0 Å². The molecule has 0 heterocycles. The van der Waals surface area contributed by atoms with Crippen LogP contribution in [0, 0.1) is 0 Å². The molecule has 0 amide bonds. The van der Waals surface area contributed by atoms with Gasteiger partial charge in [-0.05, 0) is 6.42 Å². The largest absolute Gasteiger partial charge is 0.344 e. The van der Waals surface area contributed by atoms with E-state index < -0.39 is 10.1 Å². The quantitative estimate of drug-likeness (QED) is 0.209. The van der Waals surface area contributed by atoms with E-state index >= 15 is 0 Å². The molecule has 0 aromatic rings. The molecule has 0 unspecified atom stereocenters. The monoisotopic (exact) mass is 365 g/mol. The number of unbranched alkanes of at least 4 members (excludes halogenated alkanes) is 16. The van der Waals surface area contributed by atoms with E-state index in [2.05, 4.69) is 6.92 Å². The maximum absolute atomic E-state index is 10.5. The van der Waals surface area contributed by atoms with Gasteiger partial charge in [0.2, 0.25) is 0 Å². The molecule has 148 valence electrons. The minimum absolute atomic E-state index is 0. The highest BCUT2D eigenvalue weighted by Crippen LogP contribution is 2.14. The Morgan fingerprint density at radius 1 is 0.542 bits per heavy atom. The second-order valence-electron chi connectivity index (χ2n) is 6.94. The summed E-state index contributed by atoms with van der Waals surface area (Å²) >= 11 is 0. The lowest BCUT2D eigenvalue weighted by Crippen LogP contribution is -2.03. The molecule has 0 aliphatic rings. The lowest BCUT2D eigenvalue weighted by molar-refractivity contribution is 0.478. The molecule has 0 radical (unpaired) electrons. The van der Waals surface area contributed by atoms with Gasteiger partial charge in [-0.15, -0.1) is 0 Å². The fraction of sp³-hybridized carbons (Fsp3) is 1.00. The van der Waals surface area contributed by atoms with Crippen LogP contribution in [-0.2, 0) is 10.1 Å². The van der Waals surface area contributed by atoms with Crippen LogP contribution in [0.5, 0.6) is 0 Å². The minimum atomic E-state index is -3.74. The molecule has 0 aromatic heterocycles. The Hall–Kier alpha value is -0.130. The van der Waals surface area contributed by atoms with Crippen molar-refractivity contribution in [1.29, 1.82) is 0 Å². The summed E-state index contributed by atoms with van der Waals surface area (Å²) in [5, 5.41) is 0. The first-order valence-electron chi connectivity index (χ1n) is 10.0. The second kappa shape index (κ2) is 19.2. The van der Waals surface area contributed by atoms with Gasteiger partial charge < -0.3 is 6.15 Å². The van der Waals surface area contributed by atoms with Gasteiger partial charge >= 0.3 is 0 Å². The van der Waals surface area contributed by atoms with Gasteiger partial charge in [0.05, 0.1) is 5.75 Å². The van der Waals surface area contributed by atoms with Crippen molar-refractivity contribution in [2.24, 2.45) is 0 Å². The van der Waals surface area contributed by atoms with Crippen LogP contribution in [0.1, 0.15) is 116 Å². The molecule has 0 saturated carbocycles. The minimum Gasteiger partial charge on any atom is -0.344 e. The van der Waals surface area contributed by atoms with E-state index in [-0.39, 0.29) is 11.9 Å². The van der Waals surface area contributed by atoms with Crippen LogP contribution < -0.4 is 6.15 Å². The lowest BCUT2D eigenvalue weighted by atomic mass is 10.0. The van der Waals surface area contributed by atoms with Crippen molar-refractivity contribution in [3.05, 3.63) is 0 Å². The molecule has 0 aliphatic carbocycles. The first-order chi connectivity index (χ1) is 11.1. The molecule has 24 heavy (non-hydrogen) atoms. The van der Waals surface area contributed by atoms with Crippen molar-refractivity contribution < 1.29 is 13.0 Å². The zero-order valence-corrected chi connectivity index (χ0v) is 16.9. The van der Waals surface area contributed by atoms with Gasteiger partial charge in [-0.1, -0.05) is 110 Å². The molecular formula is C19H43NO3S. The van der Waals surface area contributed by atoms with Gasteiger partial charge in [-0.25, -0.2) is 0 Å². The molecule has 5 heteroatoms. The Balaban J connectivity index is 0. The summed E-state index contributed by atoms with van der Waals surface area (Å²) in [4.78, 5) is 0. The standard InChI is InChI=1S/C19H40O3S.H3N/c1-2-3-4-5-6-7-8-9-10-11-12-13-14-15-16-17-18-19-23(20,21)22;/h2-19H2,1H3,(H,20,21,22);1H3. The van der Waals surface area contributed by atoms with E-state index in [1.807, 2.05) is 0 Å². The Kier molecular flexibility index (Phi) is 20.9. The van der Waals surface area contributed by atoms with Crippen LogP contribution in [-0.4, -0.2) is 18.7 Å². The molecule has 0 spiro atoms. The van der Waals surface area contributed by atoms with Gasteiger partial charge in [0, 0.05) is 0 Å². The number of hydrogen-bond donors (Lipinski definition) is 2. The summed E-state index contributed by atoms with van der Waals surface area (Å²) in [6.45, 7) is 2.27. The highest BCUT2D eigenvalue weighted by molar-refractivity contribution is 7.85. The SMILES string of the molecule is CCCCCCCCCCCCCCCCCCCS(=O)(=O)O.N. The summed E-state index contributed by atoms with van der Waals surface area (Å²) in [6.07, 6.45) is 21.8. The smallest absolute Gasteiger partial charge is 0.264 e. The van der Waals surface area contributed by atoms with E-state index in [0.29, 0.717) is 6.42 Å². The van der Waals surface area contributed by atoms with E-state index in [1.165, 1.54) is 89.9 Å². The van der Waals surface area contributed by atoms with Crippen molar-refractivity contribution in [1.82, 2.24) is 6.15 Å². The van der Waals surface area contributed by atoms with Crippen molar-refractivity contribution in [2.75, 3.05) is 5.75 Å². The van der Waals surface area contributed by atoms with Crippen molar-refractivity contribution in [3.8, 4) is 0 Å². The predicted octanol–water partition coefficient (Wildman–Crippen LogP) is 6.69. The molecule has 0 atom stereocenters. The molecule has 0 rings (SSSR count). The maximum Gasteiger partial charge on any atom is 0.264 e. The fourth-order valence-electron chi connectivity index (χ4n) is 3.01. The summed E-state index contributed by atoms with van der Waals surface area (Å²) in [5.74, 6) is -0.0778. The number of hydrogen-bond acceptors (Lipinski definition) is 3. The summed E-state index contributed by atoms with van der Waals surface area (Å²) in [5.41, 5.74) is 0. The average molecular weight is 366 g/mol. The zero-order chi connectivity index (χ0) is 17.2. The fourth-order valence-corrected chi connectivity index (χ4v) is 3.58. The Morgan fingerprint density at radius 3 is 1.04 bits per heavy atom. The molecule has 0 aliphatic heterocycles. The third-order valence-electron chi connectivity index (χ3n) is 4.51. The molecule has 0 fully saturated rings.